The monoisotopic (exact) mass is 492 g/mol. The maximum atomic E-state index is 13.8. The number of hydrogen-bond donors (Lipinski definition) is 3. The van der Waals surface area contributed by atoms with Gasteiger partial charge in [0.25, 0.3) is 0 Å². The Balaban J connectivity index is 0.00000364. The van der Waals surface area contributed by atoms with Crippen molar-refractivity contribution in [2.24, 2.45) is 10.9 Å². The summed E-state index contributed by atoms with van der Waals surface area (Å²) in [5.41, 5.74) is 1.47. The maximum Gasteiger partial charge on any atom is 0.407 e. The molecule has 27 heavy (non-hydrogen) atoms. The smallest absolute Gasteiger partial charge is 0.407 e. The molecule has 3 N–H and O–H groups in total. The van der Waals surface area contributed by atoms with Crippen LogP contribution in [-0.4, -0.2) is 38.3 Å². The van der Waals surface area contributed by atoms with Gasteiger partial charge in [0.2, 0.25) is 0 Å². The Hall–Kier alpha value is -1.58. The lowest BCUT2D eigenvalue weighted by Gasteiger charge is -2.22. The number of aliphatic imine (C=N–C) groups is 1. The molecule has 1 amide bonds. The lowest BCUT2D eigenvalue weighted by molar-refractivity contribution is 0.146. The first-order valence-corrected chi connectivity index (χ1v) is 9.11. The van der Waals surface area contributed by atoms with E-state index in [0.29, 0.717) is 30.6 Å². The first-order valence-electron chi connectivity index (χ1n) is 9.11. The van der Waals surface area contributed by atoms with Gasteiger partial charge in [0.1, 0.15) is 5.82 Å². The molecule has 0 radical (unpaired) electrons. The molecule has 2 atom stereocenters. The highest BCUT2D eigenvalue weighted by molar-refractivity contribution is 14.0. The minimum atomic E-state index is -0.391. The van der Waals surface area contributed by atoms with Crippen LogP contribution >= 0.6 is 24.0 Å². The van der Waals surface area contributed by atoms with Gasteiger partial charge < -0.3 is 20.7 Å². The number of guanidine groups is 1. The van der Waals surface area contributed by atoms with Crippen LogP contribution in [0.4, 0.5) is 9.18 Å². The Morgan fingerprint density at radius 1 is 1.37 bits per heavy atom. The number of hydrogen-bond acceptors (Lipinski definition) is 3. The van der Waals surface area contributed by atoms with Gasteiger partial charge in [-0.2, -0.15) is 0 Å². The van der Waals surface area contributed by atoms with E-state index in [2.05, 4.69) is 20.9 Å². The highest BCUT2D eigenvalue weighted by atomic mass is 127. The van der Waals surface area contributed by atoms with Crippen molar-refractivity contribution in [3.05, 3.63) is 35.1 Å². The van der Waals surface area contributed by atoms with Crippen LogP contribution in [0.25, 0.3) is 0 Å². The molecule has 1 aromatic rings. The number of halogens is 2. The molecule has 1 aliphatic rings. The van der Waals surface area contributed by atoms with Crippen molar-refractivity contribution in [1.82, 2.24) is 16.0 Å². The number of aryl methyl sites for hydroxylation is 1. The number of nitrogens with one attached hydrogen (secondary N) is 3. The Kier molecular flexibility index (Phi) is 9.82. The molecule has 2 rings (SSSR count). The van der Waals surface area contributed by atoms with Gasteiger partial charge in [-0.1, -0.05) is 12.1 Å². The van der Waals surface area contributed by atoms with Crippen LogP contribution in [0.2, 0.25) is 0 Å². The molecular formula is C19H30FIN4O2. The zero-order chi connectivity index (χ0) is 19.1. The number of ether oxygens (including phenoxy) is 1. The van der Waals surface area contributed by atoms with Gasteiger partial charge in [-0.25, -0.2) is 9.18 Å². The average molecular weight is 492 g/mol. The second kappa shape index (κ2) is 11.3. The molecule has 0 spiro atoms. The number of amides is 1. The second-order valence-electron chi connectivity index (χ2n) is 6.64. The first-order chi connectivity index (χ1) is 12.4. The molecule has 1 aromatic carbocycles. The molecule has 6 nitrogen and oxygen atoms in total. The van der Waals surface area contributed by atoms with Crippen LogP contribution in [-0.2, 0) is 4.74 Å². The minimum Gasteiger partial charge on any atom is -0.450 e. The topological polar surface area (TPSA) is 74.8 Å². The molecular weight excluding hydrogens is 462 g/mol. The fraction of sp³-hybridized carbons (Fsp3) is 0.579. The fourth-order valence-corrected chi connectivity index (χ4v) is 2.73. The zero-order valence-corrected chi connectivity index (χ0v) is 18.7. The van der Waals surface area contributed by atoms with Crippen LogP contribution in [0.15, 0.2) is 23.2 Å². The summed E-state index contributed by atoms with van der Waals surface area (Å²) in [6.45, 7) is 6.38. The van der Waals surface area contributed by atoms with Crippen LogP contribution in [0.5, 0.6) is 0 Å². The first kappa shape index (κ1) is 23.5. The molecule has 0 aliphatic heterocycles. The average Bonchev–Trinajstić information content (AvgIpc) is 3.44. The predicted molar refractivity (Wildman–Crippen MR) is 116 cm³/mol. The van der Waals surface area contributed by atoms with Crippen molar-refractivity contribution in [2.45, 2.75) is 45.7 Å². The quantitative estimate of drug-likeness (QED) is 0.310. The van der Waals surface area contributed by atoms with E-state index in [1.807, 2.05) is 13.0 Å². The number of benzene rings is 1. The SMILES string of the molecule is CCOC(=O)NC(CNC(=NC)NC(C)c1ccc(C)c(F)c1)C1CC1.I. The number of carbonyl (C=O) groups is 1. The van der Waals surface area contributed by atoms with E-state index in [4.69, 9.17) is 4.74 Å². The molecule has 1 aliphatic carbocycles. The number of rotatable bonds is 7. The van der Waals surface area contributed by atoms with Gasteiger partial charge in [-0.15, -0.1) is 24.0 Å². The molecule has 0 aromatic heterocycles. The van der Waals surface area contributed by atoms with Crippen molar-refractivity contribution in [1.29, 1.82) is 0 Å². The van der Waals surface area contributed by atoms with E-state index in [9.17, 15) is 9.18 Å². The zero-order valence-electron chi connectivity index (χ0n) is 16.3. The van der Waals surface area contributed by atoms with Crippen LogP contribution in [0, 0.1) is 18.7 Å². The van der Waals surface area contributed by atoms with E-state index < -0.39 is 6.09 Å². The maximum absolute atomic E-state index is 13.8. The van der Waals surface area contributed by atoms with E-state index in [1.54, 1.807) is 27.0 Å². The van der Waals surface area contributed by atoms with E-state index in [-0.39, 0.29) is 41.9 Å². The van der Waals surface area contributed by atoms with Gasteiger partial charge in [0.05, 0.1) is 18.7 Å². The lowest BCUT2D eigenvalue weighted by Crippen LogP contribution is -2.48. The van der Waals surface area contributed by atoms with E-state index in [1.165, 1.54) is 6.07 Å². The molecule has 152 valence electrons. The van der Waals surface area contributed by atoms with Crippen LogP contribution < -0.4 is 16.0 Å². The summed E-state index contributed by atoms with van der Waals surface area (Å²) in [7, 11) is 1.68. The Bertz CT molecular complexity index is 653. The largest absolute Gasteiger partial charge is 0.450 e. The van der Waals surface area contributed by atoms with Crippen molar-refractivity contribution in [2.75, 3.05) is 20.2 Å². The number of nitrogens with zero attached hydrogens (tertiary/aromatic N) is 1. The second-order valence-corrected chi connectivity index (χ2v) is 6.64. The van der Waals surface area contributed by atoms with Crippen LogP contribution in [0.3, 0.4) is 0 Å². The van der Waals surface area contributed by atoms with Crippen molar-refractivity contribution < 1.29 is 13.9 Å². The van der Waals surface area contributed by atoms with Gasteiger partial charge in [0.15, 0.2) is 5.96 Å². The normalized spacial score (nSPS) is 16.0. The molecule has 0 bridgehead atoms. The summed E-state index contributed by atoms with van der Waals surface area (Å²) >= 11 is 0. The Morgan fingerprint density at radius 2 is 2.07 bits per heavy atom. The summed E-state index contributed by atoms with van der Waals surface area (Å²) in [6.07, 6.45) is 1.81. The van der Waals surface area contributed by atoms with Gasteiger partial charge in [0, 0.05) is 13.6 Å². The third-order valence-corrected chi connectivity index (χ3v) is 4.53. The highest BCUT2D eigenvalue weighted by Crippen LogP contribution is 2.32. The molecule has 0 saturated heterocycles. The third-order valence-electron chi connectivity index (χ3n) is 4.53. The van der Waals surface area contributed by atoms with Crippen molar-refractivity contribution >= 4 is 36.0 Å². The fourth-order valence-electron chi connectivity index (χ4n) is 2.73. The van der Waals surface area contributed by atoms with E-state index in [0.717, 1.165) is 18.4 Å². The summed E-state index contributed by atoms with van der Waals surface area (Å²) in [6, 6.07) is 5.10. The summed E-state index contributed by atoms with van der Waals surface area (Å²) in [5, 5.41) is 9.39. The summed E-state index contributed by atoms with van der Waals surface area (Å²) in [5.74, 6) is 0.856. The number of carbonyl (C=O) groups excluding carboxylic acids is 1. The lowest BCUT2D eigenvalue weighted by atomic mass is 10.1. The van der Waals surface area contributed by atoms with Crippen molar-refractivity contribution in [3.8, 4) is 0 Å². The van der Waals surface area contributed by atoms with Gasteiger partial charge >= 0.3 is 6.09 Å². The molecule has 1 fully saturated rings. The molecule has 1 saturated carbocycles. The van der Waals surface area contributed by atoms with E-state index >= 15 is 0 Å². The predicted octanol–water partition coefficient (Wildman–Crippen LogP) is 3.50. The minimum absolute atomic E-state index is 0. The molecule has 2 unspecified atom stereocenters. The number of alkyl carbamates (subject to hydrolysis) is 1. The summed E-state index contributed by atoms with van der Waals surface area (Å²) < 4.78 is 18.7. The van der Waals surface area contributed by atoms with Gasteiger partial charge in [-0.05, 0) is 56.7 Å². The van der Waals surface area contributed by atoms with Crippen LogP contribution in [0.1, 0.15) is 43.9 Å². The summed E-state index contributed by atoms with van der Waals surface area (Å²) in [4.78, 5) is 15.9. The standard InChI is InChI=1S/C19H29FN4O2.HI/c1-5-26-19(25)24-17(14-8-9-14)11-22-18(21-4)23-13(3)15-7-6-12(2)16(20)10-15;/h6-7,10,13-14,17H,5,8-9,11H2,1-4H3,(H,24,25)(H2,21,22,23);1H. The van der Waals surface area contributed by atoms with Gasteiger partial charge in [-0.3, -0.25) is 4.99 Å². The Labute approximate surface area is 177 Å². The van der Waals surface area contributed by atoms with Crippen molar-refractivity contribution in [3.63, 3.8) is 0 Å². The molecule has 0 heterocycles. The highest BCUT2D eigenvalue weighted by Gasteiger charge is 2.32. The molecule has 8 heteroatoms. The Morgan fingerprint density at radius 3 is 2.63 bits per heavy atom. The third kappa shape index (κ3) is 7.51.